The topological polar surface area (TPSA) is 37.3 Å². The van der Waals surface area contributed by atoms with E-state index in [9.17, 15) is 4.79 Å². The molecule has 1 aromatic carbocycles. The van der Waals surface area contributed by atoms with Gasteiger partial charge in [-0.1, -0.05) is 30.3 Å². The van der Waals surface area contributed by atoms with Crippen molar-refractivity contribution in [3.05, 3.63) is 35.9 Å². The lowest BCUT2D eigenvalue weighted by molar-refractivity contribution is -0.138. The highest BCUT2D eigenvalue weighted by Gasteiger charge is 2.26. The summed E-state index contributed by atoms with van der Waals surface area (Å²) >= 11 is 1.48. The van der Waals surface area contributed by atoms with Gasteiger partial charge in [-0.15, -0.1) is 11.8 Å². The third-order valence-corrected chi connectivity index (χ3v) is 3.52. The molecule has 3 heteroatoms. The number of hydrogen-bond acceptors (Lipinski definition) is 2. The average molecular weight is 224 g/mol. The number of rotatable bonds is 5. The van der Waals surface area contributed by atoms with E-state index < -0.39 is 10.7 Å². The number of carbonyl (C=O) groups is 1. The van der Waals surface area contributed by atoms with E-state index in [-0.39, 0.29) is 0 Å². The Bertz CT molecular complexity index is 320. The highest BCUT2D eigenvalue weighted by molar-refractivity contribution is 8.01. The molecule has 1 aromatic rings. The summed E-state index contributed by atoms with van der Waals surface area (Å²) in [7, 11) is 0. The van der Waals surface area contributed by atoms with Crippen LogP contribution < -0.4 is 0 Å². The quantitative estimate of drug-likeness (QED) is 0.835. The summed E-state index contributed by atoms with van der Waals surface area (Å²) in [6, 6.07) is 10.1. The molecule has 1 rings (SSSR count). The predicted octanol–water partition coefficient (Wildman–Crippen LogP) is 2.83. The number of benzene rings is 1. The van der Waals surface area contributed by atoms with Crippen LogP contribution in [0.2, 0.25) is 0 Å². The molecule has 0 fully saturated rings. The maximum atomic E-state index is 10.8. The molecule has 0 saturated carbocycles. The highest BCUT2D eigenvalue weighted by atomic mass is 32.2. The molecular formula is C12H16O2S. The van der Waals surface area contributed by atoms with Crippen LogP contribution >= 0.6 is 11.8 Å². The molecule has 0 radical (unpaired) electrons. The predicted molar refractivity (Wildman–Crippen MR) is 64.3 cm³/mol. The zero-order valence-electron chi connectivity index (χ0n) is 9.06. The van der Waals surface area contributed by atoms with Crippen LogP contribution in [-0.4, -0.2) is 21.6 Å². The Labute approximate surface area is 94.7 Å². The maximum absolute atomic E-state index is 10.8. The number of aryl methyl sites for hydroxylation is 1. The summed E-state index contributed by atoms with van der Waals surface area (Å²) in [6.45, 7) is 3.48. The molecule has 0 aliphatic rings. The summed E-state index contributed by atoms with van der Waals surface area (Å²) in [4.78, 5) is 10.8. The fraction of sp³-hybridized carbons (Fsp3) is 0.417. The summed E-state index contributed by atoms with van der Waals surface area (Å²) in [5.41, 5.74) is 1.26. The van der Waals surface area contributed by atoms with Gasteiger partial charge in [0.1, 0.15) is 4.75 Å². The molecule has 0 heterocycles. The first-order chi connectivity index (χ1) is 7.02. The SMILES string of the molecule is CC(C)(SCCc1ccccc1)C(=O)O. The largest absolute Gasteiger partial charge is 0.480 e. The first kappa shape index (κ1) is 12.1. The van der Waals surface area contributed by atoms with E-state index in [0.29, 0.717) is 0 Å². The minimum Gasteiger partial charge on any atom is -0.480 e. The van der Waals surface area contributed by atoms with E-state index in [2.05, 4.69) is 12.1 Å². The van der Waals surface area contributed by atoms with Gasteiger partial charge in [0, 0.05) is 0 Å². The Hall–Kier alpha value is -0.960. The van der Waals surface area contributed by atoms with Crippen molar-refractivity contribution < 1.29 is 9.90 Å². The van der Waals surface area contributed by atoms with E-state index in [0.717, 1.165) is 12.2 Å². The monoisotopic (exact) mass is 224 g/mol. The Kier molecular flexibility index (Phi) is 4.21. The van der Waals surface area contributed by atoms with Crippen LogP contribution in [0.3, 0.4) is 0 Å². The fourth-order valence-corrected chi connectivity index (χ4v) is 2.10. The fourth-order valence-electron chi connectivity index (χ4n) is 1.13. The normalized spacial score (nSPS) is 11.3. The average Bonchev–Trinajstić information content (AvgIpc) is 2.19. The lowest BCUT2D eigenvalue weighted by atomic mass is 10.2. The summed E-state index contributed by atoms with van der Waals surface area (Å²) in [6.07, 6.45) is 0.919. The number of aliphatic carboxylic acids is 1. The van der Waals surface area contributed by atoms with Crippen LogP contribution in [0.15, 0.2) is 30.3 Å². The molecule has 15 heavy (non-hydrogen) atoms. The minimum absolute atomic E-state index is 0.686. The Morgan fingerprint density at radius 3 is 2.47 bits per heavy atom. The second-order valence-corrected chi connectivity index (χ2v) is 5.62. The van der Waals surface area contributed by atoms with Crippen molar-refractivity contribution in [2.45, 2.75) is 25.0 Å². The van der Waals surface area contributed by atoms with E-state index in [1.54, 1.807) is 13.8 Å². The molecule has 0 spiro atoms. The molecule has 0 aliphatic heterocycles. The Morgan fingerprint density at radius 2 is 1.93 bits per heavy atom. The van der Waals surface area contributed by atoms with Crippen molar-refractivity contribution in [2.75, 3.05) is 5.75 Å². The molecule has 1 N–H and O–H groups in total. The zero-order valence-corrected chi connectivity index (χ0v) is 9.88. The van der Waals surface area contributed by atoms with Crippen LogP contribution in [0, 0.1) is 0 Å². The summed E-state index contributed by atoms with van der Waals surface area (Å²) in [5.74, 6) is 0.0871. The first-order valence-electron chi connectivity index (χ1n) is 4.93. The molecule has 0 amide bonds. The second kappa shape index (κ2) is 5.21. The molecule has 0 aromatic heterocycles. The van der Waals surface area contributed by atoms with Crippen molar-refractivity contribution in [3.8, 4) is 0 Å². The van der Waals surface area contributed by atoms with Crippen molar-refractivity contribution in [2.24, 2.45) is 0 Å². The summed E-state index contributed by atoms with van der Waals surface area (Å²) in [5, 5.41) is 8.92. The van der Waals surface area contributed by atoms with Gasteiger partial charge in [0.05, 0.1) is 0 Å². The smallest absolute Gasteiger partial charge is 0.319 e. The molecule has 2 nitrogen and oxygen atoms in total. The molecule has 0 saturated heterocycles. The van der Waals surface area contributed by atoms with E-state index in [1.165, 1.54) is 17.3 Å². The van der Waals surface area contributed by atoms with Gasteiger partial charge in [-0.3, -0.25) is 4.79 Å². The van der Waals surface area contributed by atoms with Gasteiger partial charge in [0.25, 0.3) is 0 Å². The standard InChI is InChI=1S/C12H16O2S/c1-12(2,11(13)14)15-9-8-10-6-4-3-5-7-10/h3-7H,8-9H2,1-2H3,(H,13,14). The molecule has 0 aliphatic carbocycles. The Morgan fingerprint density at radius 1 is 1.33 bits per heavy atom. The lowest BCUT2D eigenvalue weighted by Crippen LogP contribution is -2.27. The van der Waals surface area contributed by atoms with Gasteiger partial charge in [-0.05, 0) is 31.6 Å². The van der Waals surface area contributed by atoms with Crippen LogP contribution in [-0.2, 0) is 11.2 Å². The van der Waals surface area contributed by atoms with Crippen LogP contribution in [0.1, 0.15) is 19.4 Å². The van der Waals surface area contributed by atoms with Gasteiger partial charge in [-0.25, -0.2) is 0 Å². The van der Waals surface area contributed by atoms with Crippen molar-refractivity contribution in [1.29, 1.82) is 0 Å². The number of hydrogen-bond donors (Lipinski definition) is 1. The van der Waals surface area contributed by atoms with Gasteiger partial charge >= 0.3 is 5.97 Å². The second-order valence-electron chi connectivity index (χ2n) is 3.90. The molecule has 82 valence electrons. The van der Waals surface area contributed by atoms with Crippen molar-refractivity contribution in [3.63, 3.8) is 0 Å². The lowest BCUT2D eigenvalue weighted by Gasteiger charge is -2.18. The molecule has 0 atom stereocenters. The first-order valence-corrected chi connectivity index (χ1v) is 5.92. The van der Waals surface area contributed by atoms with Gasteiger partial charge < -0.3 is 5.11 Å². The minimum atomic E-state index is -0.749. The van der Waals surface area contributed by atoms with E-state index in [4.69, 9.17) is 5.11 Å². The third kappa shape index (κ3) is 3.96. The third-order valence-electron chi connectivity index (χ3n) is 2.21. The molecular weight excluding hydrogens is 208 g/mol. The van der Waals surface area contributed by atoms with Crippen LogP contribution in [0.4, 0.5) is 0 Å². The van der Waals surface area contributed by atoms with Crippen molar-refractivity contribution in [1.82, 2.24) is 0 Å². The highest BCUT2D eigenvalue weighted by Crippen LogP contribution is 2.25. The van der Waals surface area contributed by atoms with Gasteiger partial charge in [-0.2, -0.15) is 0 Å². The summed E-state index contributed by atoms with van der Waals surface area (Å²) < 4.78 is -0.686. The van der Waals surface area contributed by atoms with Crippen LogP contribution in [0.5, 0.6) is 0 Å². The van der Waals surface area contributed by atoms with Crippen LogP contribution in [0.25, 0.3) is 0 Å². The molecule has 0 unspecified atom stereocenters. The van der Waals surface area contributed by atoms with Crippen molar-refractivity contribution >= 4 is 17.7 Å². The van der Waals surface area contributed by atoms with E-state index >= 15 is 0 Å². The zero-order chi connectivity index (χ0) is 11.3. The number of thioether (sulfide) groups is 1. The van der Waals surface area contributed by atoms with Gasteiger partial charge in [0.15, 0.2) is 0 Å². The van der Waals surface area contributed by atoms with E-state index in [1.807, 2.05) is 18.2 Å². The number of carboxylic acids is 1. The Balaban J connectivity index is 2.37. The number of carboxylic acid groups (broad SMARTS) is 1. The molecule has 0 bridgehead atoms. The van der Waals surface area contributed by atoms with Gasteiger partial charge in [0.2, 0.25) is 0 Å². The maximum Gasteiger partial charge on any atom is 0.319 e.